The lowest BCUT2D eigenvalue weighted by Crippen LogP contribution is -2.40. The van der Waals surface area contributed by atoms with Crippen LogP contribution >= 0.6 is 0 Å². The first kappa shape index (κ1) is 16.3. The van der Waals surface area contributed by atoms with Crippen LogP contribution in [0.1, 0.15) is 78.1 Å². The van der Waals surface area contributed by atoms with E-state index >= 15 is 0 Å². The monoisotopic (exact) mass is 280 g/mol. The molecule has 1 aliphatic heterocycles. The van der Waals surface area contributed by atoms with E-state index in [1.165, 1.54) is 83.8 Å². The van der Waals surface area contributed by atoms with Crippen molar-refractivity contribution in [3.8, 4) is 0 Å². The van der Waals surface area contributed by atoms with Gasteiger partial charge in [0.25, 0.3) is 0 Å². The van der Waals surface area contributed by atoms with Crippen molar-refractivity contribution in [3.63, 3.8) is 0 Å². The maximum absolute atomic E-state index is 3.81. The van der Waals surface area contributed by atoms with Crippen LogP contribution in [0.5, 0.6) is 0 Å². The fourth-order valence-electron chi connectivity index (χ4n) is 4.14. The molecule has 0 bridgehead atoms. The standard InChI is InChI=1S/C18H36N2/c1-3-7-17-9-11-18(12-10-17)19-13-6-15-20-14-5-4-8-16(20)2/h16-19H,3-15H2,1-2H3. The van der Waals surface area contributed by atoms with E-state index < -0.39 is 0 Å². The molecule has 0 spiro atoms. The fourth-order valence-corrected chi connectivity index (χ4v) is 4.14. The summed E-state index contributed by atoms with van der Waals surface area (Å²) in [6.45, 7) is 8.60. The highest BCUT2D eigenvalue weighted by molar-refractivity contribution is 4.78. The first-order valence-corrected chi connectivity index (χ1v) is 9.27. The van der Waals surface area contributed by atoms with E-state index in [0.717, 1.165) is 18.0 Å². The molecule has 0 radical (unpaired) electrons. The predicted molar refractivity (Wildman–Crippen MR) is 88.2 cm³/mol. The van der Waals surface area contributed by atoms with Gasteiger partial charge < -0.3 is 10.2 Å². The summed E-state index contributed by atoms with van der Waals surface area (Å²) in [4.78, 5) is 2.70. The molecule has 1 unspecified atom stereocenters. The van der Waals surface area contributed by atoms with Crippen LogP contribution in [0.4, 0.5) is 0 Å². The highest BCUT2D eigenvalue weighted by atomic mass is 15.2. The smallest absolute Gasteiger partial charge is 0.00672 e. The number of hydrogen-bond acceptors (Lipinski definition) is 2. The Morgan fingerprint density at radius 2 is 1.85 bits per heavy atom. The topological polar surface area (TPSA) is 15.3 Å². The number of nitrogens with zero attached hydrogens (tertiary/aromatic N) is 1. The molecular formula is C18H36N2. The van der Waals surface area contributed by atoms with Gasteiger partial charge in [0.15, 0.2) is 0 Å². The summed E-state index contributed by atoms with van der Waals surface area (Å²) < 4.78 is 0. The van der Waals surface area contributed by atoms with Crippen molar-refractivity contribution in [3.05, 3.63) is 0 Å². The fraction of sp³-hybridized carbons (Fsp3) is 1.00. The second-order valence-corrected chi connectivity index (χ2v) is 7.19. The normalized spacial score (nSPS) is 32.4. The Labute approximate surface area is 126 Å². The van der Waals surface area contributed by atoms with E-state index in [2.05, 4.69) is 24.1 Å². The van der Waals surface area contributed by atoms with Crippen LogP contribution in [0.15, 0.2) is 0 Å². The van der Waals surface area contributed by atoms with Crippen molar-refractivity contribution in [2.45, 2.75) is 90.1 Å². The summed E-state index contributed by atoms with van der Waals surface area (Å²) >= 11 is 0. The third-order valence-electron chi connectivity index (χ3n) is 5.54. The molecule has 2 rings (SSSR count). The van der Waals surface area contributed by atoms with E-state index in [0.29, 0.717) is 0 Å². The lowest BCUT2D eigenvalue weighted by molar-refractivity contribution is 0.157. The highest BCUT2D eigenvalue weighted by Crippen LogP contribution is 2.27. The van der Waals surface area contributed by atoms with Gasteiger partial charge in [-0.25, -0.2) is 0 Å². The van der Waals surface area contributed by atoms with Gasteiger partial charge in [0.05, 0.1) is 0 Å². The summed E-state index contributed by atoms with van der Waals surface area (Å²) in [5.41, 5.74) is 0. The molecule has 1 atom stereocenters. The molecule has 1 saturated carbocycles. The van der Waals surface area contributed by atoms with Crippen LogP contribution in [0.25, 0.3) is 0 Å². The number of rotatable bonds is 7. The molecule has 2 nitrogen and oxygen atoms in total. The molecule has 1 heterocycles. The molecule has 0 amide bonds. The molecule has 20 heavy (non-hydrogen) atoms. The largest absolute Gasteiger partial charge is 0.314 e. The molecule has 0 aromatic rings. The van der Waals surface area contributed by atoms with Crippen molar-refractivity contribution < 1.29 is 0 Å². The van der Waals surface area contributed by atoms with E-state index in [1.807, 2.05) is 0 Å². The highest BCUT2D eigenvalue weighted by Gasteiger charge is 2.20. The predicted octanol–water partition coefficient (Wildman–Crippen LogP) is 4.20. The summed E-state index contributed by atoms with van der Waals surface area (Å²) in [5, 5.41) is 3.81. The Balaban J connectivity index is 1.51. The maximum Gasteiger partial charge on any atom is 0.00672 e. The van der Waals surface area contributed by atoms with Crippen molar-refractivity contribution in [1.29, 1.82) is 0 Å². The van der Waals surface area contributed by atoms with Crippen LogP contribution in [0, 0.1) is 5.92 Å². The Kier molecular flexibility index (Phi) is 7.37. The molecule has 2 aliphatic rings. The van der Waals surface area contributed by atoms with Crippen LogP contribution in [0.2, 0.25) is 0 Å². The zero-order valence-electron chi connectivity index (χ0n) is 13.9. The van der Waals surface area contributed by atoms with Crippen molar-refractivity contribution in [2.24, 2.45) is 5.92 Å². The van der Waals surface area contributed by atoms with E-state index in [9.17, 15) is 0 Å². The minimum Gasteiger partial charge on any atom is -0.314 e. The van der Waals surface area contributed by atoms with Crippen LogP contribution in [0.3, 0.4) is 0 Å². The number of piperidine rings is 1. The number of hydrogen-bond donors (Lipinski definition) is 1. The van der Waals surface area contributed by atoms with Gasteiger partial charge in [-0.1, -0.05) is 26.2 Å². The van der Waals surface area contributed by atoms with Gasteiger partial charge in [-0.3, -0.25) is 0 Å². The number of nitrogens with one attached hydrogen (secondary N) is 1. The Hall–Kier alpha value is -0.0800. The van der Waals surface area contributed by atoms with Crippen LogP contribution in [-0.4, -0.2) is 36.6 Å². The average Bonchev–Trinajstić information content (AvgIpc) is 2.47. The minimum absolute atomic E-state index is 0.821. The van der Waals surface area contributed by atoms with Gasteiger partial charge in [-0.2, -0.15) is 0 Å². The molecule has 0 aromatic heterocycles. The van der Waals surface area contributed by atoms with Gasteiger partial charge in [-0.05, 0) is 77.4 Å². The quantitative estimate of drug-likeness (QED) is 0.703. The first-order valence-electron chi connectivity index (χ1n) is 9.27. The molecule has 1 aliphatic carbocycles. The summed E-state index contributed by atoms with van der Waals surface area (Å²) in [5.74, 6) is 1.03. The first-order chi connectivity index (χ1) is 9.79. The summed E-state index contributed by atoms with van der Waals surface area (Å²) in [6, 6.07) is 1.65. The lowest BCUT2D eigenvalue weighted by atomic mass is 9.83. The second-order valence-electron chi connectivity index (χ2n) is 7.19. The summed E-state index contributed by atoms with van der Waals surface area (Å²) in [7, 11) is 0. The minimum atomic E-state index is 0.821. The van der Waals surface area contributed by atoms with Gasteiger partial charge in [-0.15, -0.1) is 0 Å². The zero-order valence-corrected chi connectivity index (χ0v) is 13.9. The van der Waals surface area contributed by atoms with Gasteiger partial charge in [0.2, 0.25) is 0 Å². The third kappa shape index (κ3) is 5.37. The third-order valence-corrected chi connectivity index (χ3v) is 5.54. The Morgan fingerprint density at radius 3 is 2.55 bits per heavy atom. The molecule has 2 heteroatoms. The van der Waals surface area contributed by atoms with E-state index in [4.69, 9.17) is 0 Å². The van der Waals surface area contributed by atoms with Gasteiger partial charge in [0, 0.05) is 12.1 Å². The zero-order chi connectivity index (χ0) is 14.2. The Morgan fingerprint density at radius 1 is 1.05 bits per heavy atom. The van der Waals surface area contributed by atoms with Crippen LogP contribution < -0.4 is 5.32 Å². The second kappa shape index (κ2) is 9.04. The molecule has 0 aromatic carbocycles. The van der Waals surface area contributed by atoms with Gasteiger partial charge >= 0.3 is 0 Å². The van der Waals surface area contributed by atoms with Crippen molar-refractivity contribution >= 4 is 0 Å². The molecule has 118 valence electrons. The van der Waals surface area contributed by atoms with Crippen LogP contribution in [-0.2, 0) is 0 Å². The Bertz CT molecular complexity index is 246. The lowest BCUT2D eigenvalue weighted by Gasteiger charge is -2.33. The number of likely N-dealkylation sites (tertiary alicyclic amines) is 1. The molecule has 1 saturated heterocycles. The van der Waals surface area contributed by atoms with E-state index in [-0.39, 0.29) is 0 Å². The SMILES string of the molecule is CCCC1CCC(NCCCN2CCCCC2C)CC1. The van der Waals surface area contributed by atoms with E-state index in [1.54, 1.807) is 0 Å². The summed E-state index contributed by atoms with van der Waals surface area (Å²) in [6.07, 6.45) is 14.2. The van der Waals surface area contributed by atoms with Gasteiger partial charge in [0.1, 0.15) is 0 Å². The maximum atomic E-state index is 3.81. The molecule has 2 fully saturated rings. The average molecular weight is 280 g/mol. The van der Waals surface area contributed by atoms with Crippen molar-refractivity contribution in [2.75, 3.05) is 19.6 Å². The molecular weight excluding hydrogens is 244 g/mol. The molecule has 1 N–H and O–H groups in total. The van der Waals surface area contributed by atoms with Crippen molar-refractivity contribution in [1.82, 2.24) is 10.2 Å².